The van der Waals surface area contributed by atoms with E-state index in [-0.39, 0.29) is 23.4 Å². The topological polar surface area (TPSA) is 96.0 Å². The minimum Gasteiger partial charge on any atom is -0.497 e. The molecular formula is C31H38BrN3O5S. The molecule has 0 bridgehead atoms. The highest BCUT2D eigenvalue weighted by atomic mass is 79.9. The fraction of sp³-hybridized carbons (Fsp3) is 0.355. The molecule has 0 aromatic heterocycles. The highest BCUT2D eigenvalue weighted by Crippen LogP contribution is 2.27. The normalized spacial score (nSPS) is 12.7. The number of carbonyl (C=O) groups is 2. The van der Waals surface area contributed by atoms with Gasteiger partial charge >= 0.3 is 0 Å². The third-order valence-corrected chi connectivity index (χ3v) is 9.19. The first-order valence-electron chi connectivity index (χ1n) is 13.6. The summed E-state index contributed by atoms with van der Waals surface area (Å²) in [6, 6.07) is 19.6. The van der Waals surface area contributed by atoms with Crippen molar-refractivity contribution in [2.24, 2.45) is 0 Å². The van der Waals surface area contributed by atoms with Gasteiger partial charge in [-0.25, -0.2) is 8.42 Å². The van der Waals surface area contributed by atoms with Gasteiger partial charge in [-0.15, -0.1) is 0 Å². The molecule has 0 aliphatic heterocycles. The van der Waals surface area contributed by atoms with Crippen LogP contribution in [-0.4, -0.2) is 50.9 Å². The van der Waals surface area contributed by atoms with Gasteiger partial charge in [0.05, 0.1) is 17.7 Å². The number of hydrogen-bond donors (Lipinski definition) is 1. The Morgan fingerprint density at radius 1 is 0.976 bits per heavy atom. The van der Waals surface area contributed by atoms with Crippen LogP contribution in [-0.2, 0) is 26.2 Å². The minimum atomic E-state index is -4.12. The maximum Gasteiger partial charge on any atom is 0.264 e. The van der Waals surface area contributed by atoms with Crippen LogP contribution in [0.5, 0.6) is 5.75 Å². The third-order valence-electron chi connectivity index (χ3n) is 6.88. The van der Waals surface area contributed by atoms with Crippen molar-refractivity contribution in [1.82, 2.24) is 10.2 Å². The van der Waals surface area contributed by atoms with E-state index in [1.54, 1.807) is 55.6 Å². The molecule has 1 N–H and O–H groups in total. The van der Waals surface area contributed by atoms with Crippen molar-refractivity contribution >= 4 is 43.5 Å². The molecule has 0 saturated heterocycles. The van der Waals surface area contributed by atoms with Gasteiger partial charge in [-0.05, 0) is 80.8 Å². The molecule has 3 rings (SSSR count). The average Bonchev–Trinajstić information content (AvgIpc) is 2.96. The van der Waals surface area contributed by atoms with Crippen LogP contribution in [0.1, 0.15) is 44.7 Å². The number of anilines is 1. The molecule has 0 heterocycles. The second-order valence-electron chi connectivity index (χ2n) is 9.92. The molecule has 3 aromatic carbocycles. The number of rotatable bonds is 13. The summed E-state index contributed by atoms with van der Waals surface area (Å²) >= 11 is 3.39. The van der Waals surface area contributed by atoms with Crippen LogP contribution in [0.4, 0.5) is 5.69 Å². The first-order valence-corrected chi connectivity index (χ1v) is 15.8. The van der Waals surface area contributed by atoms with E-state index >= 15 is 0 Å². The van der Waals surface area contributed by atoms with Crippen molar-refractivity contribution in [3.63, 3.8) is 0 Å². The van der Waals surface area contributed by atoms with E-state index in [0.29, 0.717) is 17.9 Å². The molecule has 2 atom stereocenters. The molecule has 0 aliphatic rings. The van der Waals surface area contributed by atoms with E-state index in [1.165, 1.54) is 17.0 Å². The van der Waals surface area contributed by atoms with Crippen molar-refractivity contribution in [3.8, 4) is 5.75 Å². The number of ether oxygens (including phenoxy) is 1. The number of methoxy groups -OCH3 is 1. The minimum absolute atomic E-state index is 0.0692. The summed E-state index contributed by atoms with van der Waals surface area (Å²) in [7, 11) is -2.56. The van der Waals surface area contributed by atoms with E-state index in [0.717, 1.165) is 26.3 Å². The van der Waals surface area contributed by atoms with Gasteiger partial charge in [0.25, 0.3) is 10.0 Å². The van der Waals surface area contributed by atoms with Crippen molar-refractivity contribution in [2.45, 2.75) is 64.1 Å². The fourth-order valence-corrected chi connectivity index (χ4v) is 5.98. The van der Waals surface area contributed by atoms with Crippen LogP contribution in [0.3, 0.4) is 0 Å². The second kappa shape index (κ2) is 14.5. The Balaban J connectivity index is 2.06. The molecule has 8 nitrogen and oxygen atoms in total. The van der Waals surface area contributed by atoms with Crippen LogP contribution in [0, 0.1) is 6.92 Å². The van der Waals surface area contributed by atoms with E-state index in [1.807, 2.05) is 39.8 Å². The molecule has 10 heteroatoms. The Labute approximate surface area is 251 Å². The molecular weight excluding hydrogens is 606 g/mol. The lowest BCUT2D eigenvalue weighted by atomic mass is 10.1. The van der Waals surface area contributed by atoms with Gasteiger partial charge in [-0.2, -0.15) is 0 Å². The Morgan fingerprint density at radius 3 is 2.22 bits per heavy atom. The van der Waals surface area contributed by atoms with Gasteiger partial charge in [0.2, 0.25) is 11.8 Å². The molecule has 0 saturated carbocycles. The maximum absolute atomic E-state index is 14.1. The predicted octanol–water partition coefficient (Wildman–Crippen LogP) is 5.68. The summed E-state index contributed by atoms with van der Waals surface area (Å²) in [5.41, 5.74) is 2.00. The molecule has 0 unspecified atom stereocenters. The number of amides is 2. The highest BCUT2D eigenvalue weighted by molar-refractivity contribution is 9.10. The monoisotopic (exact) mass is 643 g/mol. The lowest BCUT2D eigenvalue weighted by Gasteiger charge is -2.33. The van der Waals surface area contributed by atoms with Crippen LogP contribution in [0.2, 0.25) is 0 Å². The maximum atomic E-state index is 14.1. The third kappa shape index (κ3) is 8.33. The predicted molar refractivity (Wildman–Crippen MR) is 165 cm³/mol. The quantitative estimate of drug-likeness (QED) is 0.258. The molecule has 41 heavy (non-hydrogen) atoms. The van der Waals surface area contributed by atoms with Gasteiger partial charge in [0, 0.05) is 17.1 Å². The zero-order chi connectivity index (χ0) is 30.2. The van der Waals surface area contributed by atoms with E-state index < -0.39 is 28.5 Å². The Morgan fingerprint density at radius 2 is 1.63 bits per heavy atom. The molecule has 220 valence electrons. The van der Waals surface area contributed by atoms with Crippen molar-refractivity contribution in [3.05, 3.63) is 88.4 Å². The lowest BCUT2D eigenvalue weighted by molar-refractivity contribution is -0.140. The molecule has 3 aromatic rings. The summed E-state index contributed by atoms with van der Waals surface area (Å²) in [5.74, 6) is -0.169. The summed E-state index contributed by atoms with van der Waals surface area (Å²) in [6.07, 6.45) is 1.08. The highest BCUT2D eigenvalue weighted by Gasteiger charge is 2.34. The van der Waals surface area contributed by atoms with Crippen LogP contribution < -0.4 is 14.4 Å². The van der Waals surface area contributed by atoms with Gasteiger partial charge in [-0.3, -0.25) is 13.9 Å². The van der Waals surface area contributed by atoms with Crippen LogP contribution in [0.15, 0.2) is 82.2 Å². The van der Waals surface area contributed by atoms with Gasteiger partial charge in [-0.1, -0.05) is 59.6 Å². The van der Waals surface area contributed by atoms with Crippen molar-refractivity contribution in [2.75, 3.05) is 18.0 Å². The van der Waals surface area contributed by atoms with E-state index in [4.69, 9.17) is 4.74 Å². The van der Waals surface area contributed by atoms with E-state index in [2.05, 4.69) is 21.2 Å². The zero-order valence-corrected chi connectivity index (χ0v) is 26.5. The van der Waals surface area contributed by atoms with Crippen molar-refractivity contribution in [1.29, 1.82) is 0 Å². The molecule has 0 spiro atoms. The number of aryl methyl sites for hydroxylation is 1. The number of carbonyl (C=O) groups excluding carboxylic acids is 2. The Bertz CT molecular complexity index is 1430. The Hall–Kier alpha value is -3.37. The average molecular weight is 645 g/mol. The number of benzene rings is 3. The fourth-order valence-electron chi connectivity index (χ4n) is 4.30. The van der Waals surface area contributed by atoms with Crippen molar-refractivity contribution < 1.29 is 22.7 Å². The summed E-state index contributed by atoms with van der Waals surface area (Å²) in [5, 5.41) is 2.98. The summed E-state index contributed by atoms with van der Waals surface area (Å²) in [6.45, 7) is 7.19. The van der Waals surface area contributed by atoms with Crippen LogP contribution in [0.25, 0.3) is 0 Å². The first-order chi connectivity index (χ1) is 19.5. The van der Waals surface area contributed by atoms with Gasteiger partial charge in [0.15, 0.2) is 0 Å². The second-order valence-corrected chi connectivity index (χ2v) is 12.7. The largest absolute Gasteiger partial charge is 0.497 e. The summed E-state index contributed by atoms with van der Waals surface area (Å²) < 4.78 is 35.1. The molecule has 2 amide bonds. The first kappa shape index (κ1) is 32.1. The number of halogens is 1. The van der Waals surface area contributed by atoms with Gasteiger partial charge in [0.1, 0.15) is 18.3 Å². The lowest BCUT2D eigenvalue weighted by Crippen LogP contribution is -2.53. The number of sulfonamides is 1. The van der Waals surface area contributed by atoms with Gasteiger partial charge < -0.3 is 15.0 Å². The number of nitrogens with zero attached hydrogens (tertiary/aromatic N) is 2. The molecule has 0 aliphatic carbocycles. The van der Waals surface area contributed by atoms with E-state index in [9.17, 15) is 18.0 Å². The standard InChI is InChI=1S/C31H38BrN3O5S/c1-6-23(4)33-31(37)29(7-2)34(20-24-9-8-10-27(19-24)40-5)30(36)21-35(26-15-13-25(32)14-16-26)41(38,39)28-17-11-22(3)12-18-28/h8-19,23,29H,6-7,20-21H2,1-5H3,(H,33,37)/t23-,29-/m1/s1. The number of nitrogens with one attached hydrogen (secondary N) is 1. The molecule has 0 radical (unpaired) electrons. The smallest absolute Gasteiger partial charge is 0.264 e. The SMILES string of the molecule is CC[C@@H](C)NC(=O)[C@@H](CC)N(Cc1cccc(OC)c1)C(=O)CN(c1ccc(Br)cc1)S(=O)(=O)c1ccc(C)cc1. The molecule has 0 fully saturated rings. The summed E-state index contributed by atoms with van der Waals surface area (Å²) in [4.78, 5) is 29.1. The Kier molecular flexibility index (Phi) is 11.4. The zero-order valence-electron chi connectivity index (χ0n) is 24.1. The number of hydrogen-bond acceptors (Lipinski definition) is 5. The van der Waals surface area contributed by atoms with Crippen LogP contribution >= 0.6 is 15.9 Å².